The maximum atomic E-state index is 12.6. The molecule has 0 atom stereocenters. The van der Waals surface area contributed by atoms with Gasteiger partial charge in [0.25, 0.3) is 5.91 Å². The zero-order valence-corrected chi connectivity index (χ0v) is 16.4. The molecule has 2 aromatic carbocycles. The van der Waals surface area contributed by atoms with Gasteiger partial charge in [-0.15, -0.1) is 0 Å². The third-order valence-corrected chi connectivity index (χ3v) is 4.48. The van der Waals surface area contributed by atoms with E-state index in [-0.39, 0.29) is 11.6 Å². The predicted octanol–water partition coefficient (Wildman–Crippen LogP) is 4.45. The molecule has 0 bridgehead atoms. The molecule has 2 N–H and O–H groups in total. The lowest BCUT2D eigenvalue weighted by atomic mass is 10.2. The van der Waals surface area contributed by atoms with Crippen LogP contribution in [0, 0.1) is 6.92 Å². The van der Waals surface area contributed by atoms with Crippen LogP contribution < -0.4 is 20.1 Å². The molecule has 0 aliphatic heterocycles. The van der Waals surface area contributed by atoms with Gasteiger partial charge in [0, 0.05) is 28.5 Å². The number of benzene rings is 2. The van der Waals surface area contributed by atoms with Crippen molar-refractivity contribution in [3.8, 4) is 11.5 Å². The summed E-state index contributed by atoms with van der Waals surface area (Å²) in [5.74, 6) is 1.20. The van der Waals surface area contributed by atoms with Gasteiger partial charge < -0.3 is 20.1 Å². The largest absolute Gasteiger partial charge is 0.493 e. The van der Waals surface area contributed by atoms with E-state index in [9.17, 15) is 4.79 Å². The fourth-order valence-corrected chi connectivity index (χ4v) is 2.71. The van der Waals surface area contributed by atoms with E-state index in [2.05, 4.69) is 20.6 Å². The van der Waals surface area contributed by atoms with Gasteiger partial charge in [-0.3, -0.25) is 4.79 Å². The number of amides is 1. The smallest absolute Gasteiger partial charge is 0.274 e. The quantitative estimate of drug-likeness (QED) is 0.638. The third kappa shape index (κ3) is 4.32. The van der Waals surface area contributed by atoms with Gasteiger partial charge in [-0.2, -0.15) is 0 Å². The number of nitrogens with zero attached hydrogens (tertiary/aromatic N) is 2. The lowest BCUT2D eigenvalue weighted by molar-refractivity contribution is 0.102. The van der Waals surface area contributed by atoms with Crippen LogP contribution in [0.2, 0.25) is 5.02 Å². The highest BCUT2D eigenvalue weighted by Gasteiger charge is 2.12. The molecular formula is C20H19ClN4O3. The minimum Gasteiger partial charge on any atom is -0.493 e. The molecule has 0 saturated carbocycles. The van der Waals surface area contributed by atoms with E-state index in [0.717, 1.165) is 11.3 Å². The van der Waals surface area contributed by atoms with Crippen LogP contribution in [0.25, 0.3) is 0 Å². The summed E-state index contributed by atoms with van der Waals surface area (Å²) in [6.45, 7) is 1.90. The van der Waals surface area contributed by atoms with E-state index >= 15 is 0 Å². The molecule has 1 heterocycles. The second-order valence-electron chi connectivity index (χ2n) is 5.85. The molecule has 3 aromatic rings. The summed E-state index contributed by atoms with van der Waals surface area (Å²) in [4.78, 5) is 20.8. The Bertz CT molecular complexity index is 1010. The van der Waals surface area contributed by atoms with Crippen LogP contribution in [0.4, 0.5) is 17.2 Å². The van der Waals surface area contributed by atoms with E-state index < -0.39 is 0 Å². The van der Waals surface area contributed by atoms with Crippen molar-refractivity contribution in [1.29, 1.82) is 0 Å². The van der Waals surface area contributed by atoms with Crippen molar-refractivity contribution < 1.29 is 14.3 Å². The highest BCUT2D eigenvalue weighted by Crippen LogP contribution is 2.30. The van der Waals surface area contributed by atoms with E-state index in [4.69, 9.17) is 21.1 Å². The molecule has 8 heteroatoms. The number of ether oxygens (including phenoxy) is 2. The molecular weight excluding hydrogens is 380 g/mol. The van der Waals surface area contributed by atoms with E-state index in [0.29, 0.717) is 28.0 Å². The summed E-state index contributed by atoms with van der Waals surface area (Å²) in [5.41, 5.74) is 2.46. The number of hydrogen-bond donors (Lipinski definition) is 2. The Hall–Kier alpha value is -3.32. The minimum atomic E-state index is -0.375. The summed E-state index contributed by atoms with van der Waals surface area (Å²) in [5, 5.41) is 6.58. The minimum absolute atomic E-state index is 0.215. The van der Waals surface area contributed by atoms with Crippen molar-refractivity contribution in [2.24, 2.45) is 0 Å². The van der Waals surface area contributed by atoms with Gasteiger partial charge in [0.2, 0.25) is 0 Å². The Morgan fingerprint density at radius 1 is 1.04 bits per heavy atom. The zero-order chi connectivity index (χ0) is 20.1. The van der Waals surface area contributed by atoms with Crippen molar-refractivity contribution in [1.82, 2.24) is 9.97 Å². The van der Waals surface area contributed by atoms with Crippen LogP contribution in [-0.2, 0) is 0 Å². The molecule has 0 aliphatic rings. The highest BCUT2D eigenvalue weighted by atomic mass is 35.5. The molecule has 0 fully saturated rings. The maximum Gasteiger partial charge on any atom is 0.274 e. The lowest BCUT2D eigenvalue weighted by Crippen LogP contribution is -2.14. The average Bonchev–Trinajstić information content (AvgIpc) is 2.71. The first-order chi connectivity index (χ1) is 13.5. The number of anilines is 3. The Labute approximate surface area is 167 Å². The van der Waals surface area contributed by atoms with Crippen molar-refractivity contribution in [2.45, 2.75) is 6.92 Å². The van der Waals surface area contributed by atoms with Gasteiger partial charge in [0.1, 0.15) is 17.8 Å². The number of carbonyl (C=O) groups is 1. The highest BCUT2D eigenvalue weighted by molar-refractivity contribution is 6.31. The van der Waals surface area contributed by atoms with E-state index in [1.54, 1.807) is 31.4 Å². The number of hydrogen-bond acceptors (Lipinski definition) is 6. The summed E-state index contributed by atoms with van der Waals surface area (Å²) in [6.07, 6.45) is 1.33. The SMILES string of the molecule is COc1ccc(NC(=O)c2cc(Nc3cccc(Cl)c3C)ncn2)cc1OC. The molecule has 0 radical (unpaired) electrons. The first-order valence-electron chi connectivity index (χ1n) is 8.39. The number of rotatable bonds is 6. The summed E-state index contributed by atoms with van der Waals surface area (Å²) >= 11 is 6.14. The van der Waals surface area contributed by atoms with Crippen LogP contribution >= 0.6 is 11.6 Å². The van der Waals surface area contributed by atoms with Crippen molar-refractivity contribution in [3.05, 3.63) is 65.1 Å². The molecule has 1 aromatic heterocycles. The van der Waals surface area contributed by atoms with Crippen LogP contribution in [0.3, 0.4) is 0 Å². The van der Waals surface area contributed by atoms with Crippen LogP contribution in [-0.4, -0.2) is 30.1 Å². The number of methoxy groups -OCH3 is 2. The molecule has 0 spiro atoms. The molecule has 1 amide bonds. The molecule has 0 unspecified atom stereocenters. The van der Waals surface area contributed by atoms with Gasteiger partial charge in [0.15, 0.2) is 11.5 Å². The van der Waals surface area contributed by atoms with E-state index in [1.807, 2.05) is 25.1 Å². The topological polar surface area (TPSA) is 85.4 Å². The molecule has 0 aliphatic carbocycles. The second kappa shape index (κ2) is 8.58. The lowest BCUT2D eigenvalue weighted by Gasteiger charge is -2.12. The number of nitrogens with one attached hydrogen (secondary N) is 2. The molecule has 0 saturated heterocycles. The molecule has 144 valence electrons. The Kier molecular flexibility index (Phi) is 5.96. The fraction of sp³-hybridized carbons (Fsp3) is 0.150. The molecule has 7 nitrogen and oxygen atoms in total. The second-order valence-corrected chi connectivity index (χ2v) is 6.26. The normalized spacial score (nSPS) is 10.3. The Morgan fingerprint density at radius 3 is 2.57 bits per heavy atom. The number of halogens is 1. The Balaban J connectivity index is 1.78. The summed E-state index contributed by atoms with van der Waals surface area (Å²) in [7, 11) is 3.08. The van der Waals surface area contributed by atoms with Crippen LogP contribution in [0.1, 0.15) is 16.1 Å². The first kappa shape index (κ1) is 19.4. The van der Waals surface area contributed by atoms with Gasteiger partial charge in [0.05, 0.1) is 14.2 Å². The molecule has 28 heavy (non-hydrogen) atoms. The fourth-order valence-electron chi connectivity index (χ4n) is 2.54. The van der Waals surface area contributed by atoms with E-state index in [1.165, 1.54) is 13.4 Å². The average molecular weight is 399 g/mol. The predicted molar refractivity (Wildman–Crippen MR) is 109 cm³/mol. The van der Waals surface area contributed by atoms with Gasteiger partial charge >= 0.3 is 0 Å². The summed E-state index contributed by atoms with van der Waals surface area (Å²) < 4.78 is 10.4. The third-order valence-electron chi connectivity index (χ3n) is 4.07. The molecule has 3 rings (SSSR count). The van der Waals surface area contributed by atoms with Crippen LogP contribution in [0.5, 0.6) is 11.5 Å². The van der Waals surface area contributed by atoms with Gasteiger partial charge in [-0.1, -0.05) is 17.7 Å². The van der Waals surface area contributed by atoms with Gasteiger partial charge in [-0.05, 0) is 36.8 Å². The summed E-state index contributed by atoms with van der Waals surface area (Å²) in [6, 6.07) is 12.2. The monoisotopic (exact) mass is 398 g/mol. The zero-order valence-electron chi connectivity index (χ0n) is 15.6. The first-order valence-corrected chi connectivity index (χ1v) is 8.77. The standard InChI is InChI=1S/C20H19ClN4O3/c1-12-14(21)5-4-6-15(12)25-19-10-16(22-11-23-19)20(26)24-13-7-8-17(27-2)18(9-13)28-3/h4-11H,1-3H3,(H,24,26)(H,22,23,25). The van der Waals surface area contributed by atoms with Crippen molar-refractivity contribution in [3.63, 3.8) is 0 Å². The van der Waals surface area contributed by atoms with Gasteiger partial charge in [-0.25, -0.2) is 9.97 Å². The van der Waals surface area contributed by atoms with Crippen molar-refractivity contribution >= 4 is 34.7 Å². The Morgan fingerprint density at radius 2 is 1.82 bits per heavy atom. The maximum absolute atomic E-state index is 12.6. The number of aromatic nitrogens is 2. The number of carbonyl (C=O) groups excluding carboxylic acids is 1. The van der Waals surface area contributed by atoms with Crippen LogP contribution in [0.15, 0.2) is 48.8 Å². The van der Waals surface area contributed by atoms with Crippen molar-refractivity contribution in [2.75, 3.05) is 24.9 Å².